The molecule has 1 aromatic carbocycles. The number of hydrogen-bond donors (Lipinski definition) is 0. The summed E-state index contributed by atoms with van der Waals surface area (Å²) in [7, 11) is 0. The molecule has 3 aliphatic rings. The molecule has 23 heavy (non-hydrogen) atoms. The largest absolute Gasteiger partial charge is 0.0808 e. The molecule has 0 radical (unpaired) electrons. The van der Waals surface area contributed by atoms with Gasteiger partial charge in [0, 0.05) is 0 Å². The van der Waals surface area contributed by atoms with Gasteiger partial charge in [0.1, 0.15) is 0 Å². The Morgan fingerprint density at radius 1 is 1.00 bits per heavy atom. The summed E-state index contributed by atoms with van der Waals surface area (Å²) in [5.74, 6) is 2.58. The van der Waals surface area contributed by atoms with Gasteiger partial charge in [0.05, 0.1) is 0 Å². The fourth-order valence-corrected chi connectivity index (χ4v) is 5.11. The summed E-state index contributed by atoms with van der Waals surface area (Å²) in [6, 6.07) is 11.0. The van der Waals surface area contributed by atoms with Crippen LogP contribution in [0.1, 0.15) is 32.3 Å². The molecule has 2 bridgehead atoms. The van der Waals surface area contributed by atoms with Crippen LogP contribution in [0.25, 0.3) is 5.57 Å². The van der Waals surface area contributed by atoms with Crippen LogP contribution in [0.15, 0.2) is 72.9 Å². The van der Waals surface area contributed by atoms with E-state index in [0.29, 0.717) is 29.1 Å². The molecule has 118 valence electrons. The van der Waals surface area contributed by atoms with Crippen molar-refractivity contribution in [1.82, 2.24) is 0 Å². The van der Waals surface area contributed by atoms with Gasteiger partial charge in [-0.25, -0.2) is 0 Å². The number of hydrogen-bond acceptors (Lipinski definition) is 0. The number of fused-ring (bicyclic) bond motifs is 4. The summed E-state index contributed by atoms with van der Waals surface area (Å²) < 4.78 is 0. The topological polar surface area (TPSA) is 0 Å². The second kappa shape index (κ2) is 5.67. The summed E-state index contributed by atoms with van der Waals surface area (Å²) >= 11 is 0. The highest BCUT2D eigenvalue weighted by Gasteiger charge is 2.50. The molecule has 0 heteroatoms. The molecule has 0 saturated heterocycles. The smallest absolute Gasteiger partial charge is 0.00243 e. The molecule has 0 spiro atoms. The van der Waals surface area contributed by atoms with Gasteiger partial charge in [-0.1, -0.05) is 86.7 Å². The van der Waals surface area contributed by atoms with Crippen molar-refractivity contribution in [2.75, 3.05) is 0 Å². The highest BCUT2D eigenvalue weighted by Crippen LogP contribution is 2.58. The Bertz CT molecular complexity index is 688. The van der Waals surface area contributed by atoms with Crippen LogP contribution in [0.5, 0.6) is 0 Å². The fraction of sp³-hybridized carbons (Fsp3) is 0.391. The summed E-state index contributed by atoms with van der Waals surface area (Å²) in [6.45, 7) is 4.89. The molecule has 0 aromatic heterocycles. The Kier molecular flexibility index (Phi) is 3.64. The molecular formula is C23H26. The molecule has 1 fully saturated rings. The van der Waals surface area contributed by atoms with E-state index < -0.39 is 0 Å². The zero-order chi connectivity index (χ0) is 15.9. The molecule has 3 aliphatic carbocycles. The minimum Gasteiger partial charge on any atom is -0.0808 e. The molecule has 5 atom stereocenters. The molecule has 1 saturated carbocycles. The van der Waals surface area contributed by atoms with Crippen molar-refractivity contribution in [2.45, 2.75) is 26.7 Å². The Hall–Kier alpha value is -1.82. The van der Waals surface area contributed by atoms with Crippen molar-refractivity contribution in [3.05, 3.63) is 78.4 Å². The van der Waals surface area contributed by atoms with E-state index in [1.807, 2.05) is 0 Å². The average Bonchev–Trinajstić information content (AvgIpc) is 2.69. The molecule has 4 unspecified atom stereocenters. The van der Waals surface area contributed by atoms with Gasteiger partial charge in [0.15, 0.2) is 0 Å². The van der Waals surface area contributed by atoms with Crippen LogP contribution in [0, 0.1) is 29.1 Å². The summed E-state index contributed by atoms with van der Waals surface area (Å²) in [6.07, 6.45) is 19.2. The van der Waals surface area contributed by atoms with Crippen molar-refractivity contribution >= 4 is 5.57 Å². The summed E-state index contributed by atoms with van der Waals surface area (Å²) in [4.78, 5) is 0. The first-order valence-electron chi connectivity index (χ1n) is 9.03. The van der Waals surface area contributed by atoms with E-state index in [-0.39, 0.29) is 0 Å². The SMILES string of the molecule is CC[C@@]1(C)C2C=CC=CC1C1C(c3ccccc3)=CC=CC1C2. The van der Waals surface area contributed by atoms with Gasteiger partial charge in [0.25, 0.3) is 0 Å². The maximum Gasteiger partial charge on any atom is -0.00243 e. The van der Waals surface area contributed by atoms with E-state index in [2.05, 4.69) is 86.7 Å². The van der Waals surface area contributed by atoms with Crippen LogP contribution < -0.4 is 0 Å². The van der Waals surface area contributed by atoms with Crippen molar-refractivity contribution in [3.63, 3.8) is 0 Å². The van der Waals surface area contributed by atoms with Crippen LogP contribution >= 0.6 is 0 Å². The van der Waals surface area contributed by atoms with Crippen molar-refractivity contribution in [3.8, 4) is 0 Å². The van der Waals surface area contributed by atoms with Gasteiger partial charge < -0.3 is 0 Å². The third kappa shape index (κ3) is 2.27. The van der Waals surface area contributed by atoms with Crippen molar-refractivity contribution in [2.24, 2.45) is 29.1 Å². The molecule has 0 heterocycles. The maximum atomic E-state index is 2.51. The second-order valence-corrected chi connectivity index (χ2v) is 7.56. The number of allylic oxidation sites excluding steroid dienone is 8. The molecule has 0 amide bonds. The second-order valence-electron chi connectivity index (χ2n) is 7.56. The molecule has 0 aliphatic heterocycles. The molecule has 0 N–H and O–H groups in total. The fourth-order valence-electron chi connectivity index (χ4n) is 5.11. The lowest BCUT2D eigenvalue weighted by molar-refractivity contribution is 0.0431. The lowest BCUT2D eigenvalue weighted by Gasteiger charge is -2.53. The first-order chi connectivity index (χ1) is 11.2. The third-order valence-corrected chi connectivity index (χ3v) is 6.62. The summed E-state index contributed by atoms with van der Waals surface area (Å²) in [5, 5.41) is 0. The van der Waals surface area contributed by atoms with Crippen LogP contribution in [-0.4, -0.2) is 0 Å². The molecular weight excluding hydrogens is 276 g/mol. The third-order valence-electron chi connectivity index (χ3n) is 6.62. The Morgan fingerprint density at radius 3 is 2.57 bits per heavy atom. The van der Waals surface area contributed by atoms with Gasteiger partial charge in [-0.2, -0.15) is 0 Å². The maximum absolute atomic E-state index is 2.51. The Balaban J connectivity index is 1.82. The van der Waals surface area contributed by atoms with Gasteiger partial charge in [-0.15, -0.1) is 0 Å². The first-order valence-corrected chi connectivity index (χ1v) is 9.03. The molecule has 1 aromatic rings. The normalized spacial score (nSPS) is 37.9. The molecule has 0 nitrogen and oxygen atoms in total. The summed E-state index contributed by atoms with van der Waals surface area (Å²) in [5.41, 5.74) is 3.30. The van der Waals surface area contributed by atoms with E-state index in [4.69, 9.17) is 0 Å². The van der Waals surface area contributed by atoms with Crippen molar-refractivity contribution < 1.29 is 0 Å². The van der Waals surface area contributed by atoms with Gasteiger partial charge >= 0.3 is 0 Å². The lowest BCUT2D eigenvalue weighted by Crippen LogP contribution is -2.46. The molecule has 4 rings (SSSR count). The van der Waals surface area contributed by atoms with Crippen LogP contribution in [-0.2, 0) is 0 Å². The Morgan fingerprint density at radius 2 is 1.78 bits per heavy atom. The minimum absolute atomic E-state index is 0.365. The van der Waals surface area contributed by atoms with E-state index in [0.717, 1.165) is 0 Å². The van der Waals surface area contributed by atoms with Gasteiger partial charge in [0.2, 0.25) is 0 Å². The zero-order valence-corrected chi connectivity index (χ0v) is 14.2. The lowest BCUT2D eigenvalue weighted by atomic mass is 9.51. The van der Waals surface area contributed by atoms with Crippen molar-refractivity contribution in [1.29, 1.82) is 0 Å². The van der Waals surface area contributed by atoms with Crippen LogP contribution in [0.4, 0.5) is 0 Å². The predicted octanol–water partition coefficient (Wildman–Crippen LogP) is 6.05. The number of benzene rings is 1. The number of rotatable bonds is 2. The monoisotopic (exact) mass is 302 g/mol. The van der Waals surface area contributed by atoms with E-state index in [9.17, 15) is 0 Å². The minimum atomic E-state index is 0.365. The van der Waals surface area contributed by atoms with Crippen LogP contribution in [0.3, 0.4) is 0 Å². The highest BCUT2D eigenvalue weighted by molar-refractivity contribution is 5.71. The van der Waals surface area contributed by atoms with E-state index in [1.165, 1.54) is 24.0 Å². The van der Waals surface area contributed by atoms with Gasteiger partial charge in [-0.05, 0) is 53.1 Å². The standard InChI is InChI=1S/C23H26/c1-3-23(2)19-13-7-8-15-21(23)22-18(16-19)12-9-14-20(22)17-10-5-4-6-11-17/h4-15,18-19,21-22H,3,16H2,1-2H3/t18?,19?,21?,22?,23-/m0/s1. The predicted molar refractivity (Wildman–Crippen MR) is 98.8 cm³/mol. The quantitative estimate of drug-likeness (QED) is 0.623. The average molecular weight is 302 g/mol. The van der Waals surface area contributed by atoms with E-state index >= 15 is 0 Å². The van der Waals surface area contributed by atoms with Gasteiger partial charge in [-0.3, -0.25) is 0 Å². The van der Waals surface area contributed by atoms with Crippen LogP contribution in [0.2, 0.25) is 0 Å². The van der Waals surface area contributed by atoms with E-state index in [1.54, 1.807) is 0 Å². The first kappa shape index (κ1) is 14.8. The zero-order valence-electron chi connectivity index (χ0n) is 14.2. The highest BCUT2D eigenvalue weighted by atomic mass is 14.5. The Labute approximate surface area is 140 Å².